The first-order valence-electron chi connectivity index (χ1n) is 9.31. The van der Waals surface area contributed by atoms with E-state index in [1.807, 2.05) is 0 Å². The Morgan fingerprint density at radius 1 is 1.38 bits per heavy atom. The Bertz CT molecular complexity index is 802. The van der Waals surface area contributed by atoms with E-state index in [2.05, 4.69) is 10.2 Å². The minimum Gasteiger partial charge on any atom is -0.396 e. The molecule has 0 bridgehead atoms. The fourth-order valence-corrected chi connectivity index (χ4v) is 4.08. The molecule has 4 rings (SSSR count). The van der Waals surface area contributed by atoms with Gasteiger partial charge in [0.25, 0.3) is 5.91 Å². The number of piperidine rings is 1. The Labute approximate surface area is 152 Å². The maximum atomic E-state index is 13.9. The molecule has 0 unspecified atom stereocenters. The number of carbonyl (C=O) groups excluding carboxylic acids is 1. The molecule has 2 N–H and O–H groups in total. The van der Waals surface area contributed by atoms with Gasteiger partial charge in [-0.2, -0.15) is 5.10 Å². The molecular weight excluding hydrogens is 333 g/mol. The van der Waals surface area contributed by atoms with Gasteiger partial charge in [-0.1, -0.05) is 25.0 Å². The summed E-state index contributed by atoms with van der Waals surface area (Å²) in [7, 11) is 0. The topological polar surface area (TPSA) is 69.2 Å². The Morgan fingerprint density at radius 2 is 2.19 bits per heavy atom. The van der Waals surface area contributed by atoms with Crippen LogP contribution in [0.1, 0.15) is 42.6 Å². The summed E-state index contributed by atoms with van der Waals surface area (Å²) in [6, 6.07) is 8.00. The van der Waals surface area contributed by atoms with Gasteiger partial charge in [0.15, 0.2) is 0 Å². The van der Waals surface area contributed by atoms with Gasteiger partial charge >= 0.3 is 0 Å². The number of nitrogens with one attached hydrogen (secondary N) is 1. The van der Waals surface area contributed by atoms with Crippen molar-refractivity contribution in [2.24, 2.45) is 11.3 Å². The summed E-state index contributed by atoms with van der Waals surface area (Å²) >= 11 is 0. The minimum absolute atomic E-state index is 0.122. The molecule has 2 aliphatic rings. The predicted octanol–water partition coefficient (Wildman–Crippen LogP) is 3.23. The van der Waals surface area contributed by atoms with Crippen molar-refractivity contribution < 1.29 is 14.3 Å². The number of aromatic nitrogens is 2. The van der Waals surface area contributed by atoms with E-state index in [-0.39, 0.29) is 23.7 Å². The fraction of sp³-hybridized carbons (Fsp3) is 0.500. The quantitative estimate of drug-likeness (QED) is 0.863. The third kappa shape index (κ3) is 3.38. The molecule has 1 aromatic carbocycles. The Kier molecular flexibility index (Phi) is 4.53. The largest absolute Gasteiger partial charge is 0.396 e. The maximum absolute atomic E-state index is 13.9. The van der Waals surface area contributed by atoms with Crippen molar-refractivity contribution in [2.75, 3.05) is 19.7 Å². The van der Waals surface area contributed by atoms with Crippen molar-refractivity contribution in [3.05, 3.63) is 41.8 Å². The van der Waals surface area contributed by atoms with Crippen LogP contribution in [0.25, 0.3) is 11.3 Å². The molecule has 0 radical (unpaired) electrons. The van der Waals surface area contributed by atoms with Gasteiger partial charge in [0.05, 0.1) is 12.3 Å². The lowest BCUT2D eigenvalue weighted by Crippen LogP contribution is -2.48. The summed E-state index contributed by atoms with van der Waals surface area (Å²) in [5.41, 5.74) is 0.988. The third-order valence-electron chi connectivity index (χ3n) is 5.66. The highest BCUT2D eigenvalue weighted by atomic mass is 19.1. The summed E-state index contributed by atoms with van der Waals surface area (Å²) in [5, 5.41) is 16.8. The van der Waals surface area contributed by atoms with Crippen LogP contribution in [0.3, 0.4) is 0 Å². The predicted molar refractivity (Wildman–Crippen MR) is 96.0 cm³/mol. The number of aliphatic hydroxyl groups is 1. The zero-order chi connectivity index (χ0) is 18.1. The van der Waals surface area contributed by atoms with Crippen molar-refractivity contribution in [1.82, 2.24) is 15.1 Å². The molecule has 1 amide bonds. The zero-order valence-electron chi connectivity index (χ0n) is 14.7. The number of hydrogen-bond donors (Lipinski definition) is 2. The van der Waals surface area contributed by atoms with Crippen LogP contribution in [0.4, 0.5) is 4.39 Å². The lowest BCUT2D eigenvalue weighted by molar-refractivity contribution is 0.0193. The summed E-state index contributed by atoms with van der Waals surface area (Å²) < 4.78 is 13.9. The summed E-state index contributed by atoms with van der Waals surface area (Å²) in [5.74, 6) is 0.213. The third-order valence-corrected chi connectivity index (χ3v) is 5.66. The highest BCUT2D eigenvalue weighted by Gasteiger charge is 2.41. The average molecular weight is 357 g/mol. The second-order valence-corrected chi connectivity index (χ2v) is 7.78. The van der Waals surface area contributed by atoms with Crippen molar-refractivity contribution in [3.8, 4) is 11.3 Å². The van der Waals surface area contributed by atoms with Crippen molar-refractivity contribution in [2.45, 2.75) is 32.1 Å². The molecular formula is C20H24FN3O2. The van der Waals surface area contributed by atoms with Gasteiger partial charge in [0, 0.05) is 24.1 Å². The molecule has 1 saturated heterocycles. The molecule has 1 atom stereocenters. The van der Waals surface area contributed by atoms with Crippen LogP contribution in [-0.2, 0) is 0 Å². The van der Waals surface area contributed by atoms with Gasteiger partial charge in [-0.3, -0.25) is 9.89 Å². The molecule has 1 aliphatic heterocycles. The molecule has 1 aliphatic carbocycles. The molecule has 138 valence electrons. The zero-order valence-corrected chi connectivity index (χ0v) is 14.7. The number of halogens is 1. The first-order valence-corrected chi connectivity index (χ1v) is 9.31. The number of hydrogen-bond acceptors (Lipinski definition) is 3. The van der Waals surface area contributed by atoms with E-state index < -0.39 is 0 Å². The van der Waals surface area contributed by atoms with Gasteiger partial charge in [-0.25, -0.2) is 4.39 Å². The number of H-pyrrole nitrogens is 1. The van der Waals surface area contributed by atoms with Gasteiger partial charge in [0.2, 0.25) is 0 Å². The maximum Gasteiger partial charge on any atom is 0.271 e. The summed E-state index contributed by atoms with van der Waals surface area (Å²) in [4.78, 5) is 14.7. The second-order valence-electron chi connectivity index (χ2n) is 7.78. The average Bonchev–Trinajstić information content (AvgIpc) is 3.33. The number of carbonyl (C=O) groups is 1. The van der Waals surface area contributed by atoms with E-state index >= 15 is 0 Å². The first-order chi connectivity index (χ1) is 12.6. The lowest BCUT2D eigenvalue weighted by atomic mass is 9.76. The van der Waals surface area contributed by atoms with Crippen LogP contribution in [-0.4, -0.2) is 45.8 Å². The minimum atomic E-state index is -0.361. The molecule has 2 aromatic rings. The van der Waals surface area contributed by atoms with E-state index in [1.54, 1.807) is 29.2 Å². The molecule has 2 heterocycles. The first kappa shape index (κ1) is 17.2. The van der Waals surface area contributed by atoms with E-state index in [0.29, 0.717) is 36.0 Å². The SMILES string of the molecule is O=C(c1cc(-c2ccccc2F)n[nH]1)N1CCC[C@](CO)(CC2CC2)C1. The summed E-state index contributed by atoms with van der Waals surface area (Å²) in [6.07, 6.45) is 5.34. The van der Waals surface area contributed by atoms with Crippen LogP contribution >= 0.6 is 0 Å². The van der Waals surface area contributed by atoms with Crippen LogP contribution in [0, 0.1) is 17.2 Å². The highest BCUT2D eigenvalue weighted by Crippen LogP contribution is 2.44. The molecule has 0 spiro atoms. The standard InChI is InChI=1S/C20H24FN3O2/c21-16-5-2-1-4-15(16)17-10-18(23-22-17)19(26)24-9-3-8-20(12-24,13-25)11-14-6-7-14/h1-2,4-5,10,14,25H,3,6-9,11-13H2,(H,22,23)/t20-/m0/s1. The Hall–Kier alpha value is -2.21. The molecule has 2 fully saturated rings. The number of rotatable bonds is 5. The number of aliphatic hydroxyl groups excluding tert-OH is 1. The number of nitrogens with zero attached hydrogens (tertiary/aromatic N) is 2. The van der Waals surface area contributed by atoms with Gasteiger partial charge in [0.1, 0.15) is 11.5 Å². The number of amides is 1. The lowest BCUT2D eigenvalue weighted by Gasteiger charge is -2.42. The van der Waals surface area contributed by atoms with E-state index in [9.17, 15) is 14.3 Å². The number of benzene rings is 1. The van der Waals surface area contributed by atoms with Gasteiger partial charge in [-0.05, 0) is 43.4 Å². The Morgan fingerprint density at radius 3 is 2.92 bits per heavy atom. The number of aromatic amines is 1. The highest BCUT2D eigenvalue weighted by molar-refractivity contribution is 5.93. The molecule has 5 nitrogen and oxygen atoms in total. The van der Waals surface area contributed by atoms with Gasteiger partial charge < -0.3 is 10.0 Å². The van der Waals surface area contributed by atoms with E-state index in [0.717, 1.165) is 19.3 Å². The van der Waals surface area contributed by atoms with Crippen molar-refractivity contribution in [3.63, 3.8) is 0 Å². The van der Waals surface area contributed by atoms with Gasteiger partial charge in [-0.15, -0.1) is 0 Å². The molecule has 26 heavy (non-hydrogen) atoms. The van der Waals surface area contributed by atoms with Crippen molar-refractivity contribution >= 4 is 5.91 Å². The number of likely N-dealkylation sites (tertiary alicyclic amines) is 1. The van der Waals surface area contributed by atoms with E-state index in [4.69, 9.17) is 0 Å². The Balaban J connectivity index is 1.51. The van der Waals surface area contributed by atoms with Crippen LogP contribution in [0.5, 0.6) is 0 Å². The van der Waals surface area contributed by atoms with Crippen LogP contribution in [0.15, 0.2) is 30.3 Å². The fourth-order valence-electron chi connectivity index (χ4n) is 4.08. The summed E-state index contributed by atoms with van der Waals surface area (Å²) in [6.45, 7) is 1.38. The van der Waals surface area contributed by atoms with Crippen LogP contribution < -0.4 is 0 Å². The second kappa shape index (κ2) is 6.83. The normalized spacial score (nSPS) is 23.2. The van der Waals surface area contributed by atoms with Crippen LogP contribution in [0.2, 0.25) is 0 Å². The monoisotopic (exact) mass is 357 g/mol. The molecule has 1 aromatic heterocycles. The van der Waals surface area contributed by atoms with E-state index in [1.165, 1.54) is 18.9 Å². The van der Waals surface area contributed by atoms with Crippen molar-refractivity contribution in [1.29, 1.82) is 0 Å². The molecule has 1 saturated carbocycles. The molecule has 6 heteroatoms. The smallest absolute Gasteiger partial charge is 0.271 e.